The van der Waals surface area contributed by atoms with Crippen LogP contribution in [0.1, 0.15) is 32.7 Å². The number of aromatic nitrogens is 1. The van der Waals surface area contributed by atoms with Gasteiger partial charge in [0, 0.05) is 35.6 Å². The molecule has 2 heterocycles. The molecule has 4 rings (SSSR count). The van der Waals surface area contributed by atoms with Gasteiger partial charge in [0.2, 0.25) is 5.91 Å². The molecule has 0 radical (unpaired) electrons. The molecule has 0 aliphatic carbocycles. The van der Waals surface area contributed by atoms with Gasteiger partial charge in [-0.3, -0.25) is 14.6 Å². The predicted octanol–water partition coefficient (Wildman–Crippen LogP) is 4.14. The van der Waals surface area contributed by atoms with E-state index in [2.05, 4.69) is 10.3 Å². The van der Waals surface area contributed by atoms with Crippen LogP contribution in [0, 0.1) is 13.8 Å². The smallest absolute Gasteiger partial charge is 0.256 e. The lowest BCUT2D eigenvalue weighted by Gasteiger charge is -2.29. The van der Waals surface area contributed by atoms with E-state index in [1.54, 1.807) is 29.3 Å². The van der Waals surface area contributed by atoms with Crippen molar-refractivity contribution in [1.29, 1.82) is 0 Å². The van der Waals surface area contributed by atoms with Gasteiger partial charge >= 0.3 is 0 Å². The van der Waals surface area contributed by atoms with Crippen LogP contribution in [0.5, 0.6) is 0 Å². The molecule has 158 valence electrons. The molecule has 0 spiro atoms. The molecule has 0 fully saturated rings. The SMILES string of the molecule is Cc1cc(CN2C(=O)c3ccc(Cl)cc3NC(=O)C2Cc2ccccn2)cc(C)c1N. The lowest BCUT2D eigenvalue weighted by molar-refractivity contribution is -0.120. The highest BCUT2D eigenvalue weighted by molar-refractivity contribution is 6.31. The van der Waals surface area contributed by atoms with Crippen LogP contribution < -0.4 is 11.1 Å². The Hall–Kier alpha value is -3.38. The van der Waals surface area contributed by atoms with E-state index in [1.807, 2.05) is 44.2 Å². The van der Waals surface area contributed by atoms with Gasteiger partial charge in [-0.05, 0) is 60.9 Å². The van der Waals surface area contributed by atoms with Crippen molar-refractivity contribution in [1.82, 2.24) is 9.88 Å². The summed E-state index contributed by atoms with van der Waals surface area (Å²) in [4.78, 5) is 32.8. The van der Waals surface area contributed by atoms with E-state index in [4.69, 9.17) is 17.3 Å². The van der Waals surface area contributed by atoms with Crippen molar-refractivity contribution in [3.05, 3.63) is 87.7 Å². The number of fused-ring (bicyclic) bond motifs is 1. The number of hydrogen-bond donors (Lipinski definition) is 2. The zero-order valence-corrected chi connectivity index (χ0v) is 18.1. The number of pyridine rings is 1. The van der Waals surface area contributed by atoms with Crippen LogP contribution in [-0.4, -0.2) is 27.7 Å². The summed E-state index contributed by atoms with van der Waals surface area (Å²) in [7, 11) is 0. The molecular weight excluding hydrogens is 412 g/mol. The van der Waals surface area contributed by atoms with Gasteiger partial charge in [-0.15, -0.1) is 0 Å². The van der Waals surface area contributed by atoms with E-state index in [1.165, 1.54) is 0 Å². The number of carbonyl (C=O) groups excluding carboxylic acids is 2. The second-order valence-corrected chi connectivity index (χ2v) is 8.23. The quantitative estimate of drug-likeness (QED) is 0.604. The van der Waals surface area contributed by atoms with Crippen molar-refractivity contribution in [2.45, 2.75) is 32.9 Å². The molecule has 1 unspecified atom stereocenters. The molecule has 1 atom stereocenters. The third-order valence-corrected chi connectivity index (χ3v) is 5.78. The lowest BCUT2D eigenvalue weighted by atomic mass is 10.0. The van der Waals surface area contributed by atoms with E-state index >= 15 is 0 Å². The zero-order valence-electron chi connectivity index (χ0n) is 17.4. The molecule has 1 aliphatic heterocycles. The van der Waals surface area contributed by atoms with E-state index in [0.29, 0.717) is 22.7 Å². The molecule has 1 aliphatic rings. The number of benzene rings is 2. The monoisotopic (exact) mass is 434 g/mol. The Kier molecular flexibility index (Phi) is 5.65. The minimum atomic E-state index is -0.730. The van der Waals surface area contributed by atoms with Crippen LogP contribution in [0.3, 0.4) is 0 Å². The predicted molar refractivity (Wildman–Crippen MR) is 122 cm³/mol. The summed E-state index contributed by atoms with van der Waals surface area (Å²) in [6, 6.07) is 13.6. The maximum absolute atomic E-state index is 13.6. The summed E-state index contributed by atoms with van der Waals surface area (Å²) in [6.07, 6.45) is 1.98. The molecule has 0 bridgehead atoms. The number of aryl methyl sites for hydroxylation is 2. The normalized spacial score (nSPS) is 16.0. The van der Waals surface area contributed by atoms with E-state index in [-0.39, 0.29) is 18.4 Å². The van der Waals surface area contributed by atoms with Crippen molar-refractivity contribution < 1.29 is 9.59 Å². The first kappa shape index (κ1) is 20.9. The molecule has 3 aromatic rings. The minimum absolute atomic E-state index is 0.238. The van der Waals surface area contributed by atoms with Crippen LogP contribution in [0.4, 0.5) is 11.4 Å². The van der Waals surface area contributed by atoms with Gasteiger partial charge in [-0.1, -0.05) is 29.8 Å². The Morgan fingerprint density at radius 2 is 1.84 bits per heavy atom. The highest BCUT2D eigenvalue weighted by Crippen LogP contribution is 2.29. The van der Waals surface area contributed by atoms with Crippen molar-refractivity contribution in [3.63, 3.8) is 0 Å². The molecule has 6 nitrogen and oxygen atoms in total. The topological polar surface area (TPSA) is 88.3 Å². The van der Waals surface area contributed by atoms with Crippen molar-refractivity contribution in [3.8, 4) is 0 Å². The van der Waals surface area contributed by atoms with Crippen LogP contribution >= 0.6 is 11.6 Å². The van der Waals surface area contributed by atoms with Gasteiger partial charge in [0.05, 0.1) is 11.3 Å². The van der Waals surface area contributed by atoms with Gasteiger partial charge in [-0.25, -0.2) is 0 Å². The first-order valence-electron chi connectivity index (χ1n) is 10.0. The molecular formula is C24H23ClN4O2. The average molecular weight is 435 g/mol. The number of anilines is 2. The lowest BCUT2D eigenvalue weighted by Crippen LogP contribution is -2.46. The summed E-state index contributed by atoms with van der Waals surface area (Å²) in [5.41, 5.74) is 11.2. The second-order valence-electron chi connectivity index (χ2n) is 7.80. The standard InChI is InChI=1S/C24H23ClN4O2/c1-14-9-16(10-15(2)22(14)26)13-29-21(12-18-5-3-4-8-27-18)23(30)28-20-11-17(25)6-7-19(20)24(29)31/h3-11,21H,12-13,26H2,1-2H3,(H,28,30). The Morgan fingerprint density at radius 1 is 1.10 bits per heavy atom. The molecule has 0 saturated carbocycles. The number of hydrogen-bond acceptors (Lipinski definition) is 4. The molecule has 3 N–H and O–H groups in total. The number of rotatable bonds is 4. The number of carbonyl (C=O) groups is 2. The third kappa shape index (κ3) is 4.25. The van der Waals surface area contributed by atoms with Gasteiger partial charge in [0.25, 0.3) is 5.91 Å². The first-order chi connectivity index (χ1) is 14.8. The maximum atomic E-state index is 13.6. The van der Waals surface area contributed by atoms with Crippen LogP contribution in [0.25, 0.3) is 0 Å². The van der Waals surface area contributed by atoms with Gasteiger partial charge in [0.1, 0.15) is 6.04 Å². The fourth-order valence-electron chi connectivity index (χ4n) is 3.91. The number of nitrogens with two attached hydrogens (primary N) is 1. The van der Waals surface area contributed by atoms with Crippen LogP contribution in [0.2, 0.25) is 5.02 Å². The molecule has 31 heavy (non-hydrogen) atoms. The summed E-state index contributed by atoms with van der Waals surface area (Å²) in [5.74, 6) is -0.512. The third-order valence-electron chi connectivity index (χ3n) is 5.54. The van der Waals surface area contributed by atoms with E-state index in [0.717, 1.165) is 28.1 Å². The average Bonchev–Trinajstić information content (AvgIpc) is 2.82. The van der Waals surface area contributed by atoms with Crippen molar-refractivity contribution in [2.75, 3.05) is 11.1 Å². The largest absolute Gasteiger partial charge is 0.398 e. The van der Waals surface area contributed by atoms with E-state index in [9.17, 15) is 9.59 Å². The summed E-state index contributed by atoms with van der Waals surface area (Å²) in [5, 5.41) is 3.33. The van der Waals surface area contributed by atoms with Crippen LogP contribution in [0.15, 0.2) is 54.7 Å². The second kappa shape index (κ2) is 8.40. The molecule has 0 saturated heterocycles. The number of nitrogen functional groups attached to an aromatic ring is 1. The molecule has 1 aromatic heterocycles. The molecule has 2 amide bonds. The number of nitrogens with one attached hydrogen (secondary N) is 1. The van der Waals surface area contributed by atoms with E-state index < -0.39 is 6.04 Å². The Bertz CT molecular complexity index is 1140. The number of halogens is 1. The fourth-order valence-corrected chi connectivity index (χ4v) is 4.09. The van der Waals surface area contributed by atoms with Gasteiger partial charge < -0.3 is 16.0 Å². The molecule has 7 heteroatoms. The molecule has 2 aromatic carbocycles. The number of amides is 2. The Morgan fingerprint density at radius 3 is 2.52 bits per heavy atom. The minimum Gasteiger partial charge on any atom is -0.398 e. The highest BCUT2D eigenvalue weighted by atomic mass is 35.5. The number of nitrogens with zero attached hydrogens (tertiary/aromatic N) is 2. The van der Waals surface area contributed by atoms with Crippen molar-refractivity contribution >= 4 is 34.8 Å². The fraction of sp³-hybridized carbons (Fsp3) is 0.208. The Balaban J connectivity index is 1.78. The summed E-state index contributed by atoms with van der Waals surface area (Å²) in [6.45, 7) is 4.14. The Labute approximate surface area is 186 Å². The zero-order chi connectivity index (χ0) is 22.1. The maximum Gasteiger partial charge on any atom is 0.256 e. The van der Waals surface area contributed by atoms with Crippen molar-refractivity contribution in [2.24, 2.45) is 0 Å². The van der Waals surface area contributed by atoms with Gasteiger partial charge in [0.15, 0.2) is 0 Å². The van der Waals surface area contributed by atoms with Crippen LogP contribution in [-0.2, 0) is 17.8 Å². The summed E-state index contributed by atoms with van der Waals surface area (Å²) < 4.78 is 0. The highest BCUT2D eigenvalue weighted by Gasteiger charge is 2.36. The van der Waals surface area contributed by atoms with Gasteiger partial charge in [-0.2, -0.15) is 0 Å². The first-order valence-corrected chi connectivity index (χ1v) is 10.4. The summed E-state index contributed by atoms with van der Waals surface area (Å²) >= 11 is 6.11.